The summed E-state index contributed by atoms with van der Waals surface area (Å²) in [7, 11) is 0. The zero-order valence-electron chi connectivity index (χ0n) is 20.1. The third-order valence-corrected chi connectivity index (χ3v) is 6.23. The number of benzene rings is 3. The molecule has 0 unspecified atom stereocenters. The summed E-state index contributed by atoms with van der Waals surface area (Å²) in [5.74, 6) is 0.0192. The molecule has 3 aromatic rings. The molecular weight excluding hydrogens is 424 g/mol. The molecule has 0 spiro atoms. The number of ether oxygens (including phenoxy) is 2. The minimum atomic E-state index is -0.478. The molecule has 0 amide bonds. The van der Waals surface area contributed by atoms with Gasteiger partial charge in [0.1, 0.15) is 11.5 Å². The fraction of sp³-hybridized carbons (Fsp3) is 0.200. The van der Waals surface area contributed by atoms with Gasteiger partial charge in [0.15, 0.2) is 0 Å². The number of hydrogen-bond donors (Lipinski definition) is 0. The van der Waals surface area contributed by atoms with Crippen LogP contribution in [-0.2, 0) is 20.4 Å². The van der Waals surface area contributed by atoms with Crippen LogP contribution in [0.25, 0.3) is 0 Å². The molecular formula is C30H30O4. The number of carbonyl (C=O) groups excluding carboxylic acids is 2. The first-order valence-electron chi connectivity index (χ1n) is 11.1. The summed E-state index contributed by atoms with van der Waals surface area (Å²) in [5.41, 5.74) is 4.02. The Bertz CT molecular complexity index is 1110. The van der Waals surface area contributed by atoms with E-state index in [-0.39, 0.29) is 10.8 Å². The molecule has 0 heterocycles. The van der Waals surface area contributed by atoms with Crippen LogP contribution in [0.4, 0.5) is 0 Å². The first-order chi connectivity index (χ1) is 16.1. The number of carbonyl (C=O) groups is 2. The second kappa shape index (κ2) is 9.92. The molecule has 34 heavy (non-hydrogen) atoms. The van der Waals surface area contributed by atoms with Crippen LogP contribution in [0.5, 0.6) is 11.5 Å². The largest absolute Gasteiger partial charge is 0.423 e. The molecule has 4 nitrogen and oxygen atoms in total. The lowest BCUT2D eigenvalue weighted by Gasteiger charge is -2.31. The lowest BCUT2D eigenvalue weighted by Crippen LogP contribution is -2.23. The molecule has 4 heteroatoms. The van der Waals surface area contributed by atoms with Crippen molar-refractivity contribution in [2.45, 2.75) is 38.5 Å². The van der Waals surface area contributed by atoms with E-state index in [4.69, 9.17) is 9.47 Å². The van der Waals surface area contributed by atoms with E-state index in [2.05, 4.69) is 65.1 Å². The molecule has 0 saturated heterocycles. The summed E-state index contributed by atoms with van der Waals surface area (Å²) >= 11 is 0. The number of esters is 2. The molecule has 0 N–H and O–H groups in total. The summed E-state index contributed by atoms with van der Waals surface area (Å²) in [6.07, 6.45) is 2.29. The quantitative estimate of drug-likeness (QED) is 0.221. The maximum atomic E-state index is 11.4. The SMILES string of the molecule is C=CC(=O)Oc1ccc(C(C)(C)c2cccc(C(C)(C)c3ccc(OC(=O)C=C)cc3)c2)cc1. The van der Waals surface area contributed by atoms with E-state index in [9.17, 15) is 9.59 Å². The van der Waals surface area contributed by atoms with Crippen LogP contribution in [0, 0.1) is 0 Å². The van der Waals surface area contributed by atoms with Crippen molar-refractivity contribution in [3.63, 3.8) is 0 Å². The Labute approximate surface area is 201 Å². The lowest BCUT2D eigenvalue weighted by molar-refractivity contribution is -0.129. The molecule has 0 aromatic heterocycles. The highest BCUT2D eigenvalue weighted by Crippen LogP contribution is 2.37. The second-order valence-corrected chi connectivity index (χ2v) is 9.13. The van der Waals surface area contributed by atoms with E-state index in [1.54, 1.807) is 24.3 Å². The smallest absolute Gasteiger partial charge is 0.335 e. The van der Waals surface area contributed by atoms with Gasteiger partial charge in [0.05, 0.1) is 0 Å². The minimum absolute atomic E-state index is 0.268. The van der Waals surface area contributed by atoms with E-state index in [0.29, 0.717) is 11.5 Å². The zero-order chi connectivity index (χ0) is 24.9. The van der Waals surface area contributed by atoms with Crippen LogP contribution in [0.2, 0.25) is 0 Å². The van der Waals surface area contributed by atoms with E-state index in [0.717, 1.165) is 23.3 Å². The third kappa shape index (κ3) is 5.34. The van der Waals surface area contributed by atoms with Crippen LogP contribution >= 0.6 is 0 Å². The van der Waals surface area contributed by atoms with Crippen molar-refractivity contribution in [3.8, 4) is 11.5 Å². The van der Waals surface area contributed by atoms with Crippen molar-refractivity contribution < 1.29 is 19.1 Å². The first kappa shape index (κ1) is 24.7. The Balaban J connectivity index is 1.88. The van der Waals surface area contributed by atoms with Gasteiger partial charge in [-0.05, 0) is 46.5 Å². The molecule has 0 bridgehead atoms. The Morgan fingerprint density at radius 1 is 0.618 bits per heavy atom. The fourth-order valence-electron chi connectivity index (χ4n) is 3.82. The highest BCUT2D eigenvalue weighted by Gasteiger charge is 2.28. The van der Waals surface area contributed by atoms with Gasteiger partial charge in [0.2, 0.25) is 0 Å². The van der Waals surface area contributed by atoms with E-state index in [1.807, 2.05) is 24.3 Å². The summed E-state index contributed by atoms with van der Waals surface area (Å²) in [6, 6.07) is 23.7. The molecule has 0 aliphatic carbocycles. The predicted octanol–water partition coefficient (Wildman–Crippen LogP) is 6.52. The maximum Gasteiger partial charge on any atom is 0.335 e. The van der Waals surface area contributed by atoms with Gasteiger partial charge < -0.3 is 9.47 Å². The molecule has 3 aromatic carbocycles. The Morgan fingerprint density at radius 2 is 0.971 bits per heavy atom. The summed E-state index contributed by atoms with van der Waals surface area (Å²) < 4.78 is 10.4. The summed E-state index contributed by atoms with van der Waals surface area (Å²) in [6.45, 7) is 15.5. The molecule has 0 radical (unpaired) electrons. The Kier molecular flexibility index (Phi) is 7.21. The van der Waals surface area contributed by atoms with Gasteiger partial charge in [-0.2, -0.15) is 0 Å². The number of hydrogen-bond acceptors (Lipinski definition) is 4. The van der Waals surface area contributed by atoms with Gasteiger partial charge in [-0.1, -0.05) is 89.4 Å². The van der Waals surface area contributed by atoms with Crippen molar-refractivity contribution in [1.29, 1.82) is 0 Å². The molecule has 0 fully saturated rings. The topological polar surface area (TPSA) is 52.6 Å². The van der Waals surface area contributed by atoms with Crippen molar-refractivity contribution in [3.05, 3.63) is 120 Å². The van der Waals surface area contributed by atoms with Gasteiger partial charge in [-0.15, -0.1) is 0 Å². The monoisotopic (exact) mass is 454 g/mol. The maximum absolute atomic E-state index is 11.4. The van der Waals surface area contributed by atoms with Gasteiger partial charge in [0.25, 0.3) is 0 Å². The molecule has 0 aliphatic rings. The van der Waals surface area contributed by atoms with Crippen LogP contribution in [0.1, 0.15) is 49.9 Å². The molecule has 174 valence electrons. The standard InChI is InChI=1S/C30H30O4/c1-7-27(31)33-25-16-12-21(13-17-25)29(3,4)23-10-9-11-24(20-23)30(5,6)22-14-18-26(19-15-22)34-28(32)8-2/h7-20H,1-2H2,3-6H3. The Morgan fingerprint density at radius 3 is 1.29 bits per heavy atom. The van der Waals surface area contributed by atoms with Gasteiger partial charge in [-0.25, -0.2) is 9.59 Å². The highest BCUT2D eigenvalue weighted by atomic mass is 16.5. The number of rotatable bonds is 8. The third-order valence-electron chi connectivity index (χ3n) is 6.23. The van der Waals surface area contributed by atoms with E-state index in [1.165, 1.54) is 11.1 Å². The van der Waals surface area contributed by atoms with Gasteiger partial charge >= 0.3 is 11.9 Å². The highest BCUT2D eigenvalue weighted by molar-refractivity contribution is 5.83. The first-order valence-corrected chi connectivity index (χ1v) is 11.1. The lowest BCUT2D eigenvalue weighted by atomic mass is 9.73. The molecule has 0 saturated carbocycles. The normalized spacial score (nSPS) is 11.4. The van der Waals surface area contributed by atoms with Crippen LogP contribution in [0.3, 0.4) is 0 Å². The van der Waals surface area contributed by atoms with Crippen molar-refractivity contribution >= 4 is 11.9 Å². The molecule has 0 atom stereocenters. The molecule has 0 aliphatic heterocycles. The van der Waals surface area contributed by atoms with Crippen molar-refractivity contribution in [2.75, 3.05) is 0 Å². The summed E-state index contributed by atoms with van der Waals surface area (Å²) in [4.78, 5) is 22.9. The average molecular weight is 455 g/mol. The average Bonchev–Trinajstić information content (AvgIpc) is 2.84. The second-order valence-electron chi connectivity index (χ2n) is 9.13. The molecule has 3 rings (SSSR count). The van der Waals surface area contributed by atoms with Crippen LogP contribution < -0.4 is 9.47 Å². The van der Waals surface area contributed by atoms with E-state index < -0.39 is 11.9 Å². The zero-order valence-corrected chi connectivity index (χ0v) is 20.1. The van der Waals surface area contributed by atoms with Gasteiger partial charge in [-0.3, -0.25) is 0 Å². The van der Waals surface area contributed by atoms with E-state index >= 15 is 0 Å². The Hall–Kier alpha value is -3.92. The van der Waals surface area contributed by atoms with Crippen molar-refractivity contribution in [1.82, 2.24) is 0 Å². The van der Waals surface area contributed by atoms with Crippen LogP contribution in [-0.4, -0.2) is 11.9 Å². The van der Waals surface area contributed by atoms with Crippen LogP contribution in [0.15, 0.2) is 98.1 Å². The summed E-state index contributed by atoms with van der Waals surface area (Å²) in [5, 5.41) is 0. The minimum Gasteiger partial charge on any atom is -0.423 e. The predicted molar refractivity (Wildman–Crippen MR) is 135 cm³/mol. The van der Waals surface area contributed by atoms with Gasteiger partial charge in [0, 0.05) is 23.0 Å². The van der Waals surface area contributed by atoms with Crippen molar-refractivity contribution in [2.24, 2.45) is 0 Å². The fourth-order valence-corrected chi connectivity index (χ4v) is 3.82.